The molecule has 2 aliphatic rings. The number of nitrogens with zero attached hydrogens (tertiary/aromatic N) is 3. The van der Waals surface area contributed by atoms with Crippen molar-refractivity contribution < 1.29 is 9.53 Å². The first-order valence-corrected chi connectivity index (χ1v) is 7.02. The van der Waals surface area contributed by atoms with Crippen LogP contribution in [0.3, 0.4) is 0 Å². The van der Waals surface area contributed by atoms with Crippen molar-refractivity contribution in [1.29, 1.82) is 5.26 Å². The maximum atomic E-state index is 12.4. The van der Waals surface area contributed by atoms with Crippen molar-refractivity contribution >= 4 is 5.91 Å². The Morgan fingerprint density at radius 1 is 1.32 bits per heavy atom. The Balaban J connectivity index is 1.90. The van der Waals surface area contributed by atoms with E-state index in [1.807, 2.05) is 18.7 Å². The molecule has 2 fully saturated rings. The number of amides is 1. The molecule has 1 amide bonds. The number of ether oxygens (including phenoxy) is 1. The van der Waals surface area contributed by atoms with E-state index in [4.69, 9.17) is 10.00 Å². The first kappa shape index (κ1) is 14.3. The molecule has 0 aromatic carbocycles. The molecular weight excluding hydrogens is 242 g/mol. The molecule has 0 aliphatic carbocycles. The van der Waals surface area contributed by atoms with E-state index in [1.165, 1.54) is 0 Å². The fourth-order valence-electron chi connectivity index (χ4n) is 2.75. The van der Waals surface area contributed by atoms with Crippen LogP contribution < -0.4 is 0 Å². The van der Waals surface area contributed by atoms with Crippen molar-refractivity contribution in [3.05, 3.63) is 0 Å². The van der Waals surface area contributed by atoms with Crippen LogP contribution in [0, 0.1) is 17.2 Å². The predicted octanol–water partition coefficient (Wildman–Crippen LogP) is 0.858. The largest absolute Gasteiger partial charge is 0.368 e. The molecule has 0 aromatic heterocycles. The van der Waals surface area contributed by atoms with Crippen molar-refractivity contribution in [3.63, 3.8) is 0 Å². The second kappa shape index (κ2) is 5.48. The van der Waals surface area contributed by atoms with Crippen LogP contribution in [0.2, 0.25) is 0 Å². The first-order valence-electron chi connectivity index (χ1n) is 7.02. The summed E-state index contributed by atoms with van der Waals surface area (Å²) in [5, 5.41) is 9.14. The Morgan fingerprint density at radius 3 is 2.42 bits per heavy atom. The summed E-state index contributed by atoms with van der Waals surface area (Å²) in [6.07, 6.45) is 0.716. The smallest absolute Gasteiger partial charge is 0.252 e. The van der Waals surface area contributed by atoms with Crippen molar-refractivity contribution in [3.8, 4) is 6.07 Å². The molecule has 5 heteroatoms. The highest BCUT2D eigenvalue weighted by molar-refractivity contribution is 5.81. The average Bonchev–Trinajstić information content (AvgIpc) is 2.84. The molecule has 2 saturated heterocycles. The quantitative estimate of drug-likeness (QED) is 0.743. The SMILES string of the molecule is CC1CCOC1C(=O)N1CCN(C(C)(C)C#N)CC1. The number of rotatable bonds is 2. The van der Waals surface area contributed by atoms with Gasteiger partial charge in [0.05, 0.1) is 6.07 Å². The molecule has 0 aromatic rings. The molecule has 2 heterocycles. The van der Waals surface area contributed by atoms with E-state index in [1.54, 1.807) is 0 Å². The van der Waals surface area contributed by atoms with Gasteiger partial charge in [-0.2, -0.15) is 5.26 Å². The van der Waals surface area contributed by atoms with Crippen LogP contribution in [0.5, 0.6) is 0 Å². The third-order valence-corrected chi connectivity index (χ3v) is 4.29. The fourth-order valence-corrected chi connectivity index (χ4v) is 2.75. The van der Waals surface area contributed by atoms with Gasteiger partial charge in [0.25, 0.3) is 5.91 Å². The monoisotopic (exact) mass is 265 g/mol. The fraction of sp³-hybridized carbons (Fsp3) is 0.857. The van der Waals surface area contributed by atoms with Crippen LogP contribution in [0.1, 0.15) is 27.2 Å². The van der Waals surface area contributed by atoms with E-state index in [-0.39, 0.29) is 12.0 Å². The van der Waals surface area contributed by atoms with Crippen LogP contribution in [0.25, 0.3) is 0 Å². The molecular formula is C14H23N3O2. The Kier molecular flexibility index (Phi) is 4.12. The predicted molar refractivity (Wildman–Crippen MR) is 71.4 cm³/mol. The lowest BCUT2D eigenvalue weighted by Crippen LogP contribution is -2.57. The Morgan fingerprint density at radius 2 is 1.95 bits per heavy atom. The highest BCUT2D eigenvalue weighted by Gasteiger charge is 2.37. The molecule has 2 rings (SSSR count). The molecule has 19 heavy (non-hydrogen) atoms. The van der Waals surface area contributed by atoms with Gasteiger partial charge in [0, 0.05) is 32.8 Å². The van der Waals surface area contributed by atoms with E-state index in [0.717, 1.165) is 19.5 Å². The first-order chi connectivity index (χ1) is 8.95. The van der Waals surface area contributed by atoms with Crippen molar-refractivity contribution in [2.75, 3.05) is 32.8 Å². The van der Waals surface area contributed by atoms with Gasteiger partial charge >= 0.3 is 0 Å². The number of carbonyl (C=O) groups excluding carboxylic acids is 1. The van der Waals surface area contributed by atoms with Crippen molar-refractivity contribution in [2.45, 2.75) is 38.8 Å². The molecule has 2 aliphatic heterocycles. The summed E-state index contributed by atoms with van der Waals surface area (Å²) in [4.78, 5) is 16.4. The summed E-state index contributed by atoms with van der Waals surface area (Å²) >= 11 is 0. The standard InChI is InChI=1S/C14H23N3O2/c1-11-4-9-19-12(11)13(18)16-5-7-17(8-6-16)14(2,3)10-15/h11-12H,4-9H2,1-3H3. The number of piperazine rings is 1. The van der Waals surface area contributed by atoms with Gasteiger partial charge in [0.15, 0.2) is 0 Å². The minimum Gasteiger partial charge on any atom is -0.368 e. The number of nitriles is 1. The van der Waals surface area contributed by atoms with Gasteiger partial charge in [-0.25, -0.2) is 0 Å². The van der Waals surface area contributed by atoms with E-state index >= 15 is 0 Å². The summed E-state index contributed by atoms with van der Waals surface area (Å²) in [5.41, 5.74) is -0.452. The second-order valence-corrected chi connectivity index (χ2v) is 6.04. The van der Waals surface area contributed by atoms with Crippen LogP contribution in [0.15, 0.2) is 0 Å². The van der Waals surface area contributed by atoms with Crippen LogP contribution in [0.4, 0.5) is 0 Å². The lowest BCUT2D eigenvalue weighted by Gasteiger charge is -2.41. The Labute approximate surface area is 115 Å². The summed E-state index contributed by atoms with van der Waals surface area (Å²) in [7, 11) is 0. The van der Waals surface area contributed by atoms with E-state index in [0.29, 0.717) is 25.6 Å². The minimum absolute atomic E-state index is 0.124. The van der Waals surface area contributed by atoms with E-state index in [2.05, 4.69) is 17.9 Å². The molecule has 0 bridgehead atoms. The van der Waals surface area contributed by atoms with Gasteiger partial charge in [0.1, 0.15) is 11.6 Å². The van der Waals surface area contributed by atoms with Gasteiger partial charge in [0.2, 0.25) is 0 Å². The Bertz CT molecular complexity index is 381. The van der Waals surface area contributed by atoms with E-state index in [9.17, 15) is 4.79 Å². The van der Waals surface area contributed by atoms with Gasteiger partial charge in [-0.05, 0) is 26.2 Å². The summed E-state index contributed by atoms with van der Waals surface area (Å²) < 4.78 is 5.54. The number of hydrogen-bond acceptors (Lipinski definition) is 4. The van der Waals surface area contributed by atoms with E-state index < -0.39 is 5.54 Å². The van der Waals surface area contributed by atoms with Crippen LogP contribution in [-0.2, 0) is 9.53 Å². The highest BCUT2D eigenvalue weighted by atomic mass is 16.5. The molecule has 0 saturated carbocycles. The normalized spacial score (nSPS) is 29.3. The maximum Gasteiger partial charge on any atom is 0.252 e. The molecule has 5 nitrogen and oxygen atoms in total. The van der Waals surface area contributed by atoms with Gasteiger partial charge in [-0.15, -0.1) is 0 Å². The number of hydrogen-bond donors (Lipinski definition) is 0. The minimum atomic E-state index is -0.452. The lowest BCUT2D eigenvalue weighted by molar-refractivity contribution is -0.144. The molecule has 2 atom stereocenters. The third-order valence-electron chi connectivity index (χ3n) is 4.29. The number of carbonyl (C=O) groups is 1. The topological polar surface area (TPSA) is 56.6 Å². The highest BCUT2D eigenvalue weighted by Crippen LogP contribution is 2.23. The molecule has 106 valence electrons. The lowest BCUT2D eigenvalue weighted by atomic mass is 10.0. The van der Waals surface area contributed by atoms with Crippen LogP contribution in [-0.4, -0.2) is 60.1 Å². The Hall–Kier alpha value is -1.12. The zero-order valence-electron chi connectivity index (χ0n) is 12.1. The third kappa shape index (κ3) is 2.90. The summed E-state index contributed by atoms with van der Waals surface area (Å²) in [5.74, 6) is 0.445. The summed E-state index contributed by atoms with van der Waals surface area (Å²) in [6.45, 7) is 9.51. The zero-order valence-corrected chi connectivity index (χ0v) is 12.1. The van der Waals surface area contributed by atoms with Gasteiger partial charge < -0.3 is 9.64 Å². The second-order valence-electron chi connectivity index (χ2n) is 6.04. The average molecular weight is 265 g/mol. The van der Waals surface area contributed by atoms with Gasteiger partial charge in [-0.1, -0.05) is 6.92 Å². The molecule has 0 radical (unpaired) electrons. The molecule has 2 unspecified atom stereocenters. The maximum absolute atomic E-state index is 12.4. The molecule has 0 spiro atoms. The summed E-state index contributed by atoms with van der Waals surface area (Å²) in [6, 6.07) is 2.32. The van der Waals surface area contributed by atoms with Crippen LogP contribution >= 0.6 is 0 Å². The van der Waals surface area contributed by atoms with Crippen molar-refractivity contribution in [2.24, 2.45) is 5.92 Å². The van der Waals surface area contributed by atoms with Gasteiger partial charge in [-0.3, -0.25) is 9.69 Å². The molecule has 0 N–H and O–H groups in total. The van der Waals surface area contributed by atoms with Crippen molar-refractivity contribution in [1.82, 2.24) is 9.80 Å². The zero-order chi connectivity index (χ0) is 14.0.